The topological polar surface area (TPSA) is 66.5 Å². The van der Waals surface area contributed by atoms with Gasteiger partial charge in [-0.25, -0.2) is 17.2 Å². The molecule has 1 fully saturated rings. The van der Waals surface area contributed by atoms with Gasteiger partial charge in [0.1, 0.15) is 12.3 Å². The number of halogens is 2. The van der Waals surface area contributed by atoms with Crippen LogP contribution in [0.1, 0.15) is 15.9 Å². The smallest absolute Gasteiger partial charge is 0.251 e. The Balaban J connectivity index is 1.97. The third-order valence-electron chi connectivity index (χ3n) is 3.79. The average Bonchev–Trinajstić information content (AvgIpc) is 2.79. The predicted octanol–water partition coefficient (Wildman–Crippen LogP) is 0.653. The van der Waals surface area contributed by atoms with Gasteiger partial charge in [-0.05, 0) is 24.1 Å². The molecule has 1 aromatic rings. The van der Waals surface area contributed by atoms with Gasteiger partial charge in [-0.1, -0.05) is 6.07 Å². The molecule has 2 aliphatic rings. The van der Waals surface area contributed by atoms with E-state index >= 15 is 0 Å². The van der Waals surface area contributed by atoms with Gasteiger partial charge in [-0.15, -0.1) is 0 Å². The molecule has 2 aliphatic heterocycles. The number of carbonyl (C=O) groups excluding carboxylic acids is 1. The highest BCUT2D eigenvalue weighted by Crippen LogP contribution is 2.26. The molecule has 0 saturated carbocycles. The van der Waals surface area contributed by atoms with Crippen LogP contribution in [-0.4, -0.2) is 50.6 Å². The largest absolute Gasteiger partial charge is 0.352 e. The molecule has 0 aliphatic carbocycles. The second-order valence-electron chi connectivity index (χ2n) is 5.18. The second kappa shape index (κ2) is 5.03. The average molecular weight is 316 g/mol. The fraction of sp³-hybridized carbons (Fsp3) is 0.462. The molecule has 2 heterocycles. The number of sulfonamides is 1. The number of amides is 1. The summed E-state index contributed by atoms with van der Waals surface area (Å²) in [5, 5.41) is 2.63. The van der Waals surface area contributed by atoms with E-state index in [1.54, 1.807) is 6.07 Å². The normalized spacial score (nSPS) is 26.5. The fourth-order valence-corrected chi connectivity index (χ4v) is 4.07. The van der Waals surface area contributed by atoms with Crippen LogP contribution >= 0.6 is 0 Å². The number of nitrogens with one attached hydrogen (secondary N) is 1. The van der Waals surface area contributed by atoms with Crippen molar-refractivity contribution < 1.29 is 22.0 Å². The van der Waals surface area contributed by atoms with Crippen LogP contribution in [0, 0.1) is 0 Å². The summed E-state index contributed by atoms with van der Waals surface area (Å²) in [6.45, 7) is -0.476. The van der Waals surface area contributed by atoms with E-state index in [1.165, 1.54) is 12.1 Å². The van der Waals surface area contributed by atoms with Crippen molar-refractivity contribution in [3.05, 3.63) is 29.3 Å². The molecule has 0 unspecified atom stereocenters. The number of hydrogen-bond donors (Lipinski definition) is 1. The Labute approximate surface area is 121 Å². The summed E-state index contributed by atoms with van der Waals surface area (Å²) in [7, 11) is -3.99. The van der Waals surface area contributed by atoms with Gasteiger partial charge >= 0.3 is 0 Å². The van der Waals surface area contributed by atoms with Gasteiger partial charge in [0, 0.05) is 25.2 Å². The van der Waals surface area contributed by atoms with E-state index in [9.17, 15) is 22.0 Å². The van der Waals surface area contributed by atoms with E-state index in [2.05, 4.69) is 5.32 Å². The van der Waals surface area contributed by atoms with E-state index in [0.29, 0.717) is 18.5 Å². The van der Waals surface area contributed by atoms with Gasteiger partial charge in [0.2, 0.25) is 10.0 Å². The van der Waals surface area contributed by atoms with Gasteiger partial charge in [-0.3, -0.25) is 4.79 Å². The van der Waals surface area contributed by atoms with Crippen molar-refractivity contribution in [2.24, 2.45) is 0 Å². The Bertz CT molecular complexity index is 683. The van der Waals surface area contributed by atoms with Crippen molar-refractivity contribution in [2.75, 3.05) is 19.6 Å². The molecule has 3 rings (SSSR count). The summed E-state index contributed by atoms with van der Waals surface area (Å²) in [5.41, 5.74) is 1.07. The molecule has 0 spiro atoms. The number of alkyl halides is 2. The first kappa shape index (κ1) is 14.4. The molecule has 0 aromatic heterocycles. The van der Waals surface area contributed by atoms with Crippen LogP contribution in [0.2, 0.25) is 0 Å². The van der Waals surface area contributed by atoms with Gasteiger partial charge in [0.05, 0.1) is 4.90 Å². The maximum absolute atomic E-state index is 13.2. The molecule has 2 atom stereocenters. The molecule has 5 nitrogen and oxygen atoms in total. The lowest BCUT2D eigenvalue weighted by Crippen LogP contribution is -2.33. The summed E-state index contributed by atoms with van der Waals surface area (Å²) in [6.07, 6.45) is -2.98. The minimum Gasteiger partial charge on any atom is -0.352 e. The van der Waals surface area contributed by atoms with Crippen LogP contribution in [0.3, 0.4) is 0 Å². The Kier molecular flexibility index (Phi) is 3.45. The van der Waals surface area contributed by atoms with E-state index in [4.69, 9.17) is 0 Å². The standard InChI is InChI=1S/C13H14F2N2O3S/c14-11-6-17(7-12(11)15)21(19,20)9-2-1-8-3-4-16-13(18)10(8)5-9/h1-2,5,11-12H,3-4,6-7H2,(H,16,18)/t11-,12+. The van der Waals surface area contributed by atoms with Crippen molar-refractivity contribution in [3.8, 4) is 0 Å². The molecule has 1 saturated heterocycles. The summed E-state index contributed by atoms with van der Waals surface area (Å²) >= 11 is 0. The van der Waals surface area contributed by atoms with Crippen molar-refractivity contribution >= 4 is 15.9 Å². The number of benzene rings is 1. The zero-order valence-corrected chi connectivity index (χ0v) is 11.9. The molecule has 1 aromatic carbocycles. The van der Waals surface area contributed by atoms with Crippen LogP contribution in [-0.2, 0) is 16.4 Å². The molecular weight excluding hydrogens is 302 g/mol. The fourth-order valence-electron chi connectivity index (χ4n) is 2.59. The molecule has 1 amide bonds. The van der Waals surface area contributed by atoms with Crippen LogP contribution in [0.15, 0.2) is 23.1 Å². The second-order valence-corrected chi connectivity index (χ2v) is 7.12. The molecule has 114 valence electrons. The molecule has 1 N–H and O–H groups in total. The quantitative estimate of drug-likeness (QED) is 0.871. The van der Waals surface area contributed by atoms with Crippen LogP contribution in [0.4, 0.5) is 8.78 Å². The SMILES string of the molecule is O=C1NCCc2ccc(S(=O)(=O)N3C[C@@H](F)[C@@H](F)C3)cc21. The number of nitrogens with zero attached hydrogens (tertiary/aromatic N) is 1. The lowest BCUT2D eigenvalue weighted by Gasteiger charge is -2.19. The summed E-state index contributed by atoms with van der Waals surface area (Å²) in [6, 6.07) is 4.24. The van der Waals surface area contributed by atoms with Gasteiger partial charge in [0.25, 0.3) is 5.91 Å². The summed E-state index contributed by atoms with van der Waals surface area (Å²) < 4.78 is 51.9. The van der Waals surface area contributed by atoms with Gasteiger partial charge < -0.3 is 5.32 Å². The molecule has 8 heteroatoms. The van der Waals surface area contributed by atoms with Gasteiger partial charge in [-0.2, -0.15) is 4.31 Å². The van der Waals surface area contributed by atoms with E-state index < -0.39 is 35.5 Å². The van der Waals surface area contributed by atoms with Crippen LogP contribution < -0.4 is 5.32 Å². The lowest BCUT2D eigenvalue weighted by molar-refractivity contribution is 0.0945. The summed E-state index contributed by atoms with van der Waals surface area (Å²) in [4.78, 5) is 11.6. The highest BCUT2D eigenvalue weighted by atomic mass is 32.2. The van der Waals surface area contributed by atoms with E-state index in [0.717, 1.165) is 9.87 Å². The highest BCUT2D eigenvalue weighted by molar-refractivity contribution is 7.89. The maximum atomic E-state index is 13.2. The van der Waals surface area contributed by atoms with Crippen molar-refractivity contribution in [1.29, 1.82) is 0 Å². The monoisotopic (exact) mass is 316 g/mol. The zero-order chi connectivity index (χ0) is 15.2. The Hall–Kier alpha value is -1.54. The zero-order valence-electron chi connectivity index (χ0n) is 11.1. The van der Waals surface area contributed by atoms with Crippen LogP contribution in [0.5, 0.6) is 0 Å². The summed E-state index contributed by atoms with van der Waals surface area (Å²) in [5.74, 6) is -0.332. The van der Waals surface area contributed by atoms with Crippen molar-refractivity contribution in [2.45, 2.75) is 23.7 Å². The first-order valence-corrected chi connectivity index (χ1v) is 8.03. The Morgan fingerprint density at radius 1 is 1.19 bits per heavy atom. The first-order valence-electron chi connectivity index (χ1n) is 6.59. The third kappa shape index (κ3) is 2.42. The number of fused-ring (bicyclic) bond motifs is 1. The van der Waals surface area contributed by atoms with Crippen molar-refractivity contribution in [1.82, 2.24) is 9.62 Å². The van der Waals surface area contributed by atoms with E-state index in [1.807, 2.05) is 0 Å². The lowest BCUT2D eigenvalue weighted by atomic mass is 10.0. The highest BCUT2D eigenvalue weighted by Gasteiger charge is 2.40. The number of rotatable bonds is 2. The molecule has 0 radical (unpaired) electrons. The third-order valence-corrected chi connectivity index (χ3v) is 5.62. The minimum absolute atomic E-state index is 0.111. The van der Waals surface area contributed by atoms with E-state index in [-0.39, 0.29) is 10.8 Å². The number of carbonyl (C=O) groups is 1. The maximum Gasteiger partial charge on any atom is 0.251 e. The van der Waals surface area contributed by atoms with Crippen molar-refractivity contribution in [3.63, 3.8) is 0 Å². The minimum atomic E-state index is -3.99. The molecular formula is C13H14F2N2O3S. The van der Waals surface area contributed by atoms with Gasteiger partial charge in [0.15, 0.2) is 0 Å². The Morgan fingerprint density at radius 3 is 2.52 bits per heavy atom. The molecule has 21 heavy (non-hydrogen) atoms. The first-order chi connectivity index (χ1) is 9.89. The molecule has 0 bridgehead atoms. The predicted molar refractivity (Wildman–Crippen MR) is 71.0 cm³/mol. The number of hydrogen-bond acceptors (Lipinski definition) is 3. The van der Waals surface area contributed by atoms with Crippen LogP contribution in [0.25, 0.3) is 0 Å². The Morgan fingerprint density at radius 2 is 1.86 bits per heavy atom.